The second-order valence-electron chi connectivity index (χ2n) is 6.08. The predicted molar refractivity (Wildman–Crippen MR) is 104 cm³/mol. The molecule has 8 heteroatoms. The summed E-state index contributed by atoms with van der Waals surface area (Å²) in [5.41, 5.74) is 3.65. The van der Waals surface area contributed by atoms with Crippen LogP contribution in [0.1, 0.15) is 5.56 Å². The number of aromatic nitrogens is 3. The van der Waals surface area contributed by atoms with Crippen LogP contribution >= 0.6 is 0 Å². The molecule has 0 aliphatic heterocycles. The Morgan fingerprint density at radius 1 is 1.04 bits per heavy atom. The number of nitrogens with one attached hydrogen (secondary N) is 2. The van der Waals surface area contributed by atoms with Gasteiger partial charge in [0.25, 0.3) is 5.95 Å². The van der Waals surface area contributed by atoms with Crippen LogP contribution in [0.3, 0.4) is 0 Å². The van der Waals surface area contributed by atoms with Gasteiger partial charge in [-0.05, 0) is 29.8 Å². The molecule has 2 aromatic carbocycles. The molecule has 4 aromatic rings. The highest BCUT2D eigenvalue weighted by Crippen LogP contribution is 2.22. The number of rotatable bonds is 5. The monoisotopic (exact) mass is 377 g/mol. The summed E-state index contributed by atoms with van der Waals surface area (Å²) < 4.78 is 15.3. The lowest BCUT2D eigenvalue weighted by Crippen LogP contribution is -2.08. The van der Waals surface area contributed by atoms with Gasteiger partial charge >= 0.3 is 6.09 Å². The highest BCUT2D eigenvalue weighted by Gasteiger charge is 2.10. The Balaban J connectivity index is 1.56. The van der Waals surface area contributed by atoms with E-state index in [-0.39, 0.29) is 11.8 Å². The Labute approximate surface area is 159 Å². The van der Waals surface area contributed by atoms with Crippen molar-refractivity contribution in [2.24, 2.45) is 0 Å². The van der Waals surface area contributed by atoms with E-state index in [1.165, 1.54) is 6.07 Å². The van der Waals surface area contributed by atoms with Crippen LogP contribution in [0, 0.1) is 5.82 Å². The Bertz CT molecular complexity index is 1140. The summed E-state index contributed by atoms with van der Waals surface area (Å²) >= 11 is 0. The summed E-state index contributed by atoms with van der Waals surface area (Å²) in [5.74, 6) is -0.270. The van der Waals surface area contributed by atoms with E-state index in [1.54, 1.807) is 28.8 Å². The first-order chi connectivity index (χ1) is 13.6. The van der Waals surface area contributed by atoms with Crippen LogP contribution in [0.4, 0.5) is 20.8 Å². The molecule has 7 nitrogen and oxygen atoms in total. The molecular formula is C20H16FN5O2. The highest BCUT2D eigenvalue weighted by atomic mass is 19.1. The quantitative estimate of drug-likeness (QED) is 0.484. The number of pyridine rings is 1. The lowest BCUT2D eigenvalue weighted by molar-refractivity contribution is 0.209. The molecule has 2 heterocycles. The van der Waals surface area contributed by atoms with Crippen molar-refractivity contribution in [3.05, 3.63) is 78.1 Å². The molecule has 0 aliphatic carbocycles. The minimum Gasteiger partial charge on any atom is -0.465 e. The Hall–Kier alpha value is -3.94. The van der Waals surface area contributed by atoms with Crippen molar-refractivity contribution in [1.82, 2.24) is 14.6 Å². The third-order valence-electron chi connectivity index (χ3n) is 4.19. The molecule has 1 amide bonds. The summed E-state index contributed by atoms with van der Waals surface area (Å²) in [7, 11) is 0. The van der Waals surface area contributed by atoms with Gasteiger partial charge in [-0.2, -0.15) is 4.98 Å². The summed E-state index contributed by atoms with van der Waals surface area (Å²) in [6, 6.07) is 19.7. The molecule has 0 saturated heterocycles. The molecule has 2 aromatic heterocycles. The van der Waals surface area contributed by atoms with Gasteiger partial charge in [-0.3, -0.25) is 5.32 Å². The molecule has 28 heavy (non-hydrogen) atoms. The lowest BCUT2D eigenvalue weighted by atomic mass is 10.1. The minimum atomic E-state index is -1.22. The van der Waals surface area contributed by atoms with Crippen molar-refractivity contribution in [2.75, 3.05) is 10.6 Å². The van der Waals surface area contributed by atoms with Crippen LogP contribution in [-0.4, -0.2) is 25.8 Å². The van der Waals surface area contributed by atoms with E-state index in [9.17, 15) is 9.18 Å². The maximum Gasteiger partial charge on any atom is 0.411 e. The smallest absolute Gasteiger partial charge is 0.411 e. The maximum atomic E-state index is 13.7. The first-order valence-corrected chi connectivity index (χ1v) is 8.53. The molecule has 140 valence electrons. The summed E-state index contributed by atoms with van der Waals surface area (Å²) in [4.78, 5) is 14.9. The number of halogens is 1. The molecule has 0 atom stereocenters. The first-order valence-electron chi connectivity index (χ1n) is 8.53. The van der Waals surface area contributed by atoms with Gasteiger partial charge in [0.2, 0.25) is 0 Å². The summed E-state index contributed by atoms with van der Waals surface area (Å²) in [5, 5.41) is 18.3. The molecule has 0 aliphatic rings. The molecule has 0 bridgehead atoms. The normalized spacial score (nSPS) is 10.8. The molecule has 0 radical (unpaired) electrons. The number of anilines is 2. The topological polar surface area (TPSA) is 91.5 Å². The van der Waals surface area contributed by atoms with E-state index in [0.717, 1.165) is 16.8 Å². The highest BCUT2D eigenvalue weighted by molar-refractivity contribution is 5.80. The van der Waals surface area contributed by atoms with Gasteiger partial charge < -0.3 is 10.4 Å². The average molecular weight is 377 g/mol. The van der Waals surface area contributed by atoms with Crippen LogP contribution in [0.5, 0.6) is 0 Å². The number of benzene rings is 2. The summed E-state index contributed by atoms with van der Waals surface area (Å²) in [6.07, 6.45) is -1.22. The SMILES string of the molecule is O=C(O)Nc1nc2cccc(-c3ccc(CNc4ccccc4F)cc3)n2n1. The number of hydrogen-bond acceptors (Lipinski definition) is 4. The standard InChI is InChI=1S/C20H16FN5O2/c21-15-4-1-2-5-16(15)22-12-13-8-10-14(11-9-13)17-6-3-7-18-23-19(24-20(27)28)25-26(17)18/h1-11,22H,12H2,(H,24,25)(H,27,28). The third kappa shape index (κ3) is 3.61. The van der Waals surface area contributed by atoms with Crippen molar-refractivity contribution >= 4 is 23.4 Å². The number of amides is 1. The molecular weight excluding hydrogens is 361 g/mol. The minimum absolute atomic E-state index is 0.0191. The van der Waals surface area contributed by atoms with Crippen molar-refractivity contribution in [1.29, 1.82) is 0 Å². The third-order valence-corrected chi connectivity index (χ3v) is 4.19. The Morgan fingerprint density at radius 3 is 2.57 bits per heavy atom. The van der Waals surface area contributed by atoms with E-state index < -0.39 is 6.09 Å². The fourth-order valence-electron chi connectivity index (χ4n) is 2.87. The molecule has 4 rings (SSSR count). The second kappa shape index (κ2) is 7.36. The van der Waals surface area contributed by atoms with Crippen LogP contribution in [0.15, 0.2) is 66.7 Å². The zero-order valence-corrected chi connectivity index (χ0v) is 14.6. The van der Waals surface area contributed by atoms with Crippen LogP contribution in [-0.2, 0) is 6.54 Å². The lowest BCUT2D eigenvalue weighted by Gasteiger charge is -2.09. The number of fused-ring (bicyclic) bond motifs is 1. The van der Waals surface area contributed by atoms with Gasteiger partial charge in [-0.1, -0.05) is 42.5 Å². The van der Waals surface area contributed by atoms with E-state index in [2.05, 4.69) is 20.7 Å². The predicted octanol–water partition coefficient (Wildman–Crippen LogP) is 4.24. The molecule has 0 saturated carbocycles. The van der Waals surface area contributed by atoms with E-state index in [1.807, 2.05) is 36.4 Å². The first kappa shape index (κ1) is 17.5. The van der Waals surface area contributed by atoms with Crippen molar-refractivity contribution in [2.45, 2.75) is 6.54 Å². The largest absolute Gasteiger partial charge is 0.465 e. The molecule has 0 fully saturated rings. The number of para-hydroxylation sites is 1. The second-order valence-corrected chi connectivity index (χ2v) is 6.08. The van der Waals surface area contributed by atoms with Crippen LogP contribution in [0.2, 0.25) is 0 Å². The molecule has 0 unspecified atom stereocenters. The van der Waals surface area contributed by atoms with Crippen LogP contribution in [0.25, 0.3) is 16.9 Å². The van der Waals surface area contributed by atoms with Gasteiger partial charge in [0.05, 0.1) is 11.4 Å². The fourth-order valence-corrected chi connectivity index (χ4v) is 2.87. The average Bonchev–Trinajstić information content (AvgIpc) is 3.09. The van der Waals surface area contributed by atoms with Gasteiger partial charge in [0.1, 0.15) is 5.82 Å². The zero-order chi connectivity index (χ0) is 19.5. The van der Waals surface area contributed by atoms with Crippen molar-refractivity contribution in [3.8, 4) is 11.3 Å². The van der Waals surface area contributed by atoms with E-state index in [4.69, 9.17) is 5.11 Å². The zero-order valence-electron chi connectivity index (χ0n) is 14.6. The number of carbonyl (C=O) groups is 1. The number of carboxylic acid groups (broad SMARTS) is 1. The fraction of sp³-hybridized carbons (Fsp3) is 0.0500. The number of nitrogens with zero attached hydrogens (tertiary/aromatic N) is 3. The van der Waals surface area contributed by atoms with E-state index >= 15 is 0 Å². The molecule has 3 N–H and O–H groups in total. The maximum absolute atomic E-state index is 13.7. The van der Waals surface area contributed by atoms with Gasteiger partial charge in [-0.15, -0.1) is 5.10 Å². The van der Waals surface area contributed by atoms with Gasteiger partial charge in [0, 0.05) is 12.1 Å². The summed E-state index contributed by atoms with van der Waals surface area (Å²) in [6.45, 7) is 0.488. The van der Waals surface area contributed by atoms with Crippen LogP contribution < -0.4 is 10.6 Å². The Kier molecular flexibility index (Phi) is 4.59. The van der Waals surface area contributed by atoms with E-state index in [0.29, 0.717) is 17.9 Å². The van der Waals surface area contributed by atoms with Crippen molar-refractivity contribution < 1.29 is 14.3 Å². The molecule has 0 spiro atoms. The Morgan fingerprint density at radius 2 is 1.82 bits per heavy atom. The van der Waals surface area contributed by atoms with Gasteiger partial charge in [-0.25, -0.2) is 13.7 Å². The number of hydrogen-bond donors (Lipinski definition) is 3. The van der Waals surface area contributed by atoms with Gasteiger partial charge in [0.15, 0.2) is 5.65 Å². The van der Waals surface area contributed by atoms with Crippen molar-refractivity contribution in [3.63, 3.8) is 0 Å².